The minimum Gasteiger partial charge on any atom is -0.480 e. The van der Waals surface area contributed by atoms with Crippen molar-refractivity contribution in [1.82, 2.24) is 0 Å². The molecule has 0 saturated carbocycles. The second kappa shape index (κ2) is 5.10. The molecule has 0 amide bonds. The van der Waals surface area contributed by atoms with Gasteiger partial charge in [-0.05, 0) is 12.8 Å². The number of ketones is 1. The number of carbonyl (C=O) groups is 2. The van der Waals surface area contributed by atoms with Gasteiger partial charge < -0.3 is 10.8 Å². The molecular formula is C10H19NO3. The summed E-state index contributed by atoms with van der Waals surface area (Å²) in [5, 5.41) is 8.52. The van der Waals surface area contributed by atoms with Gasteiger partial charge in [-0.3, -0.25) is 9.59 Å². The van der Waals surface area contributed by atoms with E-state index in [0.29, 0.717) is 0 Å². The van der Waals surface area contributed by atoms with E-state index >= 15 is 0 Å². The van der Waals surface area contributed by atoms with Crippen molar-refractivity contribution >= 4 is 11.8 Å². The lowest BCUT2D eigenvalue weighted by Gasteiger charge is -2.21. The SMILES string of the molecule is CCC(C)(C)C(=O)CC[C@H](N)C(=O)O. The first-order chi connectivity index (χ1) is 6.31. The summed E-state index contributed by atoms with van der Waals surface area (Å²) in [5.74, 6) is -0.969. The average Bonchev–Trinajstić information content (AvgIpc) is 2.13. The molecule has 0 aliphatic rings. The van der Waals surface area contributed by atoms with Crippen molar-refractivity contribution in [1.29, 1.82) is 0 Å². The Balaban J connectivity index is 4.03. The van der Waals surface area contributed by atoms with Gasteiger partial charge in [-0.25, -0.2) is 0 Å². The molecule has 0 bridgehead atoms. The summed E-state index contributed by atoms with van der Waals surface area (Å²) < 4.78 is 0. The maximum Gasteiger partial charge on any atom is 0.320 e. The summed E-state index contributed by atoms with van der Waals surface area (Å²) in [5.41, 5.74) is 4.93. The zero-order valence-corrected chi connectivity index (χ0v) is 9.04. The van der Waals surface area contributed by atoms with Gasteiger partial charge in [0.1, 0.15) is 11.8 Å². The molecule has 0 heterocycles. The Hall–Kier alpha value is -0.900. The molecule has 14 heavy (non-hydrogen) atoms. The quantitative estimate of drug-likeness (QED) is 0.676. The lowest BCUT2D eigenvalue weighted by Crippen LogP contribution is -2.32. The predicted octanol–water partition coefficient (Wildman–Crippen LogP) is 1.18. The molecule has 0 aromatic carbocycles. The highest BCUT2D eigenvalue weighted by Gasteiger charge is 2.25. The van der Waals surface area contributed by atoms with E-state index in [1.807, 2.05) is 20.8 Å². The molecule has 0 aromatic rings. The van der Waals surface area contributed by atoms with Gasteiger partial charge in [0, 0.05) is 11.8 Å². The van der Waals surface area contributed by atoms with Gasteiger partial charge in [-0.15, -0.1) is 0 Å². The summed E-state index contributed by atoms with van der Waals surface area (Å²) in [6.45, 7) is 5.66. The molecule has 4 heteroatoms. The van der Waals surface area contributed by atoms with E-state index < -0.39 is 12.0 Å². The van der Waals surface area contributed by atoms with Crippen molar-refractivity contribution in [3.63, 3.8) is 0 Å². The first-order valence-corrected chi connectivity index (χ1v) is 4.83. The van der Waals surface area contributed by atoms with Crippen molar-refractivity contribution in [2.75, 3.05) is 0 Å². The van der Waals surface area contributed by atoms with E-state index in [9.17, 15) is 9.59 Å². The molecule has 0 saturated heterocycles. The van der Waals surface area contributed by atoms with Gasteiger partial charge in [0.2, 0.25) is 0 Å². The second-order valence-electron chi connectivity index (χ2n) is 4.14. The van der Waals surface area contributed by atoms with E-state index in [1.54, 1.807) is 0 Å². The van der Waals surface area contributed by atoms with Gasteiger partial charge >= 0.3 is 5.97 Å². The third-order valence-electron chi connectivity index (χ3n) is 2.64. The second-order valence-corrected chi connectivity index (χ2v) is 4.14. The number of carboxylic acids is 1. The van der Waals surface area contributed by atoms with Crippen LogP contribution in [0.25, 0.3) is 0 Å². The Morgan fingerprint density at radius 2 is 1.93 bits per heavy atom. The van der Waals surface area contributed by atoms with Gasteiger partial charge in [-0.1, -0.05) is 20.8 Å². The Labute approximate surface area is 84.5 Å². The van der Waals surface area contributed by atoms with Crippen LogP contribution in [0.3, 0.4) is 0 Å². The van der Waals surface area contributed by atoms with E-state index in [4.69, 9.17) is 10.8 Å². The fourth-order valence-electron chi connectivity index (χ4n) is 0.946. The number of hydrogen-bond acceptors (Lipinski definition) is 3. The van der Waals surface area contributed by atoms with Crippen LogP contribution in [0.2, 0.25) is 0 Å². The van der Waals surface area contributed by atoms with Crippen LogP contribution in [-0.4, -0.2) is 22.9 Å². The number of hydrogen-bond donors (Lipinski definition) is 2. The number of Topliss-reactive ketones (excluding diaryl/α,β-unsaturated/α-hetero) is 1. The number of aliphatic carboxylic acids is 1. The van der Waals surface area contributed by atoms with Crippen LogP contribution >= 0.6 is 0 Å². The van der Waals surface area contributed by atoms with Gasteiger partial charge in [0.25, 0.3) is 0 Å². The van der Waals surface area contributed by atoms with Crippen LogP contribution in [-0.2, 0) is 9.59 Å². The van der Waals surface area contributed by atoms with Crippen molar-refractivity contribution in [3.05, 3.63) is 0 Å². The lowest BCUT2D eigenvalue weighted by molar-refractivity contribution is -0.138. The van der Waals surface area contributed by atoms with Gasteiger partial charge in [0.05, 0.1) is 0 Å². The molecule has 3 N–H and O–H groups in total. The standard InChI is InChI=1S/C10H19NO3/c1-4-10(2,3)8(12)6-5-7(11)9(13)14/h7H,4-6,11H2,1-3H3,(H,13,14)/t7-/m0/s1. The molecule has 82 valence electrons. The van der Waals surface area contributed by atoms with Gasteiger partial charge in [0.15, 0.2) is 0 Å². The fraction of sp³-hybridized carbons (Fsp3) is 0.800. The maximum atomic E-state index is 11.6. The number of carbonyl (C=O) groups excluding carboxylic acids is 1. The van der Waals surface area contributed by atoms with Crippen molar-refractivity contribution in [2.45, 2.75) is 46.1 Å². The third-order valence-corrected chi connectivity index (χ3v) is 2.64. The van der Waals surface area contributed by atoms with Crippen LogP contribution in [0.15, 0.2) is 0 Å². The average molecular weight is 201 g/mol. The molecule has 1 atom stereocenters. The Kier molecular flexibility index (Phi) is 4.77. The third kappa shape index (κ3) is 3.87. The Morgan fingerprint density at radius 3 is 2.29 bits per heavy atom. The lowest BCUT2D eigenvalue weighted by atomic mass is 9.83. The monoisotopic (exact) mass is 201 g/mol. The van der Waals surface area contributed by atoms with E-state index in [2.05, 4.69) is 0 Å². The van der Waals surface area contributed by atoms with E-state index in [0.717, 1.165) is 6.42 Å². The minimum absolute atomic E-state index is 0.0803. The first-order valence-electron chi connectivity index (χ1n) is 4.83. The van der Waals surface area contributed by atoms with Crippen LogP contribution in [0.1, 0.15) is 40.0 Å². The molecule has 0 radical (unpaired) electrons. The summed E-state index contributed by atoms with van der Waals surface area (Å²) in [4.78, 5) is 22.0. The van der Waals surface area contributed by atoms with Crippen LogP contribution < -0.4 is 5.73 Å². The summed E-state index contributed by atoms with van der Waals surface area (Å²) in [6.07, 6.45) is 1.22. The topological polar surface area (TPSA) is 80.4 Å². The van der Waals surface area contributed by atoms with Crippen molar-refractivity contribution in [3.8, 4) is 0 Å². The maximum absolute atomic E-state index is 11.6. The van der Waals surface area contributed by atoms with Crippen molar-refractivity contribution in [2.24, 2.45) is 11.1 Å². The molecule has 0 aliphatic heterocycles. The smallest absolute Gasteiger partial charge is 0.320 e. The molecule has 0 unspecified atom stereocenters. The highest BCUT2D eigenvalue weighted by molar-refractivity contribution is 5.84. The van der Waals surface area contributed by atoms with Crippen LogP contribution in [0.4, 0.5) is 0 Å². The van der Waals surface area contributed by atoms with Crippen LogP contribution in [0, 0.1) is 5.41 Å². The molecule has 0 fully saturated rings. The minimum atomic E-state index is -1.05. The van der Waals surface area contributed by atoms with E-state index in [1.165, 1.54) is 0 Å². The number of rotatable bonds is 6. The highest BCUT2D eigenvalue weighted by Crippen LogP contribution is 2.23. The molecule has 4 nitrogen and oxygen atoms in total. The molecule has 0 rings (SSSR count). The van der Waals surface area contributed by atoms with E-state index in [-0.39, 0.29) is 24.0 Å². The van der Waals surface area contributed by atoms with Crippen LogP contribution in [0.5, 0.6) is 0 Å². The largest absolute Gasteiger partial charge is 0.480 e. The summed E-state index contributed by atoms with van der Waals surface area (Å²) in [6, 6.07) is -0.924. The zero-order valence-electron chi connectivity index (χ0n) is 9.04. The summed E-state index contributed by atoms with van der Waals surface area (Å²) >= 11 is 0. The molecular weight excluding hydrogens is 182 g/mol. The summed E-state index contributed by atoms with van der Waals surface area (Å²) in [7, 11) is 0. The molecule has 0 aromatic heterocycles. The first kappa shape index (κ1) is 13.1. The fourth-order valence-corrected chi connectivity index (χ4v) is 0.946. The van der Waals surface area contributed by atoms with Gasteiger partial charge in [-0.2, -0.15) is 0 Å². The highest BCUT2D eigenvalue weighted by atomic mass is 16.4. The Morgan fingerprint density at radius 1 is 1.43 bits per heavy atom. The number of carboxylic acid groups (broad SMARTS) is 1. The Bertz CT molecular complexity index is 223. The normalized spacial score (nSPS) is 13.7. The van der Waals surface area contributed by atoms with Crippen molar-refractivity contribution < 1.29 is 14.7 Å². The zero-order chi connectivity index (χ0) is 11.4. The molecule has 0 spiro atoms. The molecule has 0 aliphatic carbocycles. The number of nitrogens with two attached hydrogens (primary N) is 1. The predicted molar refractivity (Wildman–Crippen MR) is 53.9 cm³/mol.